The van der Waals surface area contributed by atoms with Gasteiger partial charge in [-0.3, -0.25) is 9.59 Å². The number of esters is 1. The summed E-state index contributed by atoms with van der Waals surface area (Å²) in [5, 5.41) is 2.75. The topological polar surface area (TPSA) is 75.7 Å². The average molecular weight is 416 g/mol. The minimum atomic E-state index is -1.15. The smallest absolute Gasteiger partial charge is 0.339 e. The third-order valence-corrected chi connectivity index (χ3v) is 4.70. The first-order valence-electron chi connectivity index (χ1n) is 9.80. The van der Waals surface area contributed by atoms with Gasteiger partial charge in [-0.1, -0.05) is 48.5 Å². The fourth-order valence-corrected chi connectivity index (χ4v) is 3.01. The van der Waals surface area contributed by atoms with Crippen LogP contribution in [0.2, 0.25) is 0 Å². The molecule has 0 aliphatic carbocycles. The van der Waals surface area contributed by atoms with E-state index in [0.717, 1.165) is 5.69 Å². The van der Waals surface area contributed by atoms with E-state index in [0.29, 0.717) is 22.4 Å². The molecule has 1 N–H and O–H groups in total. The number of nitrogens with zero attached hydrogens (tertiary/aromatic N) is 1. The number of ketones is 1. The van der Waals surface area contributed by atoms with Crippen molar-refractivity contribution in [1.29, 1.82) is 0 Å². The number of hydrogen-bond donors (Lipinski definition) is 1. The maximum Gasteiger partial charge on any atom is 0.339 e. The number of anilines is 2. The van der Waals surface area contributed by atoms with Crippen LogP contribution in [0.5, 0.6) is 0 Å². The summed E-state index contributed by atoms with van der Waals surface area (Å²) in [6.07, 6.45) is -1.15. The summed E-state index contributed by atoms with van der Waals surface area (Å²) in [5.74, 6) is -1.22. The van der Waals surface area contributed by atoms with Gasteiger partial charge in [0, 0.05) is 36.6 Å². The van der Waals surface area contributed by atoms with Gasteiger partial charge in [-0.25, -0.2) is 4.79 Å². The Hall–Kier alpha value is -3.93. The van der Waals surface area contributed by atoms with Gasteiger partial charge in [0.2, 0.25) is 6.10 Å². The lowest BCUT2D eigenvalue weighted by Crippen LogP contribution is -2.26. The van der Waals surface area contributed by atoms with Crippen molar-refractivity contribution in [3.8, 4) is 0 Å². The molecule has 158 valence electrons. The van der Waals surface area contributed by atoms with Gasteiger partial charge in [-0.05, 0) is 37.3 Å². The Morgan fingerprint density at radius 2 is 1.52 bits per heavy atom. The summed E-state index contributed by atoms with van der Waals surface area (Å²) in [7, 11) is 3.75. The Kier molecular flexibility index (Phi) is 6.82. The van der Waals surface area contributed by atoms with Gasteiger partial charge < -0.3 is 15.0 Å². The molecule has 1 amide bonds. The molecule has 3 aromatic carbocycles. The van der Waals surface area contributed by atoms with Crippen LogP contribution in [0.3, 0.4) is 0 Å². The van der Waals surface area contributed by atoms with Crippen molar-refractivity contribution in [3.63, 3.8) is 0 Å². The van der Waals surface area contributed by atoms with Crippen LogP contribution in [-0.2, 0) is 9.53 Å². The van der Waals surface area contributed by atoms with Crippen LogP contribution in [0.4, 0.5) is 11.4 Å². The predicted octanol–water partition coefficient (Wildman–Crippen LogP) is 4.49. The number of carbonyl (C=O) groups excluding carboxylic acids is 3. The largest absolute Gasteiger partial charge is 0.444 e. The second-order valence-electron chi connectivity index (χ2n) is 7.27. The molecular weight excluding hydrogens is 392 g/mol. The molecule has 3 rings (SSSR count). The zero-order valence-corrected chi connectivity index (χ0v) is 17.7. The lowest BCUT2D eigenvalue weighted by molar-refractivity contribution is -0.125. The third kappa shape index (κ3) is 5.57. The number of nitrogens with one attached hydrogen (secondary N) is 1. The van der Waals surface area contributed by atoms with E-state index in [-0.39, 0.29) is 5.78 Å². The summed E-state index contributed by atoms with van der Waals surface area (Å²) in [6.45, 7) is 1.46. The van der Waals surface area contributed by atoms with E-state index in [1.165, 1.54) is 6.92 Å². The Labute approximate surface area is 181 Å². The molecule has 6 nitrogen and oxygen atoms in total. The number of ether oxygens (including phenoxy) is 1. The van der Waals surface area contributed by atoms with Crippen molar-refractivity contribution in [2.24, 2.45) is 0 Å². The molecule has 0 bridgehead atoms. The zero-order chi connectivity index (χ0) is 22.4. The minimum Gasteiger partial charge on any atom is -0.444 e. The van der Waals surface area contributed by atoms with Crippen LogP contribution in [0.1, 0.15) is 39.3 Å². The highest BCUT2D eigenvalue weighted by molar-refractivity contribution is 6.00. The zero-order valence-electron chi connectivity index (χ0n) is 17.7. The fraction of sp³-hybridized carbons (Fsp3) is 0.160. The lowest BCUT2D eigenvalue weighted by atomic mass is 10.1. The molecule has 0 heterocycles. The van der Waals surface area contributed by atoms with Crippen molar-refractivity contribution in [2.75, 3.05) is 24.3 Å². The van der Waals surface area contributed by atoms with E-state index < -0.39 is 18.0 Å². The number of amides is 1. The molecular formula is C25H24N2O4. The summed E-state index contributed by atoms with van der Waals surface area (Å²) < 4.78 is 5.63. The maximum absolute atomic E-state index is 13.1. The molecule has 1 atom stereocenters. The van der Waals surface area contributed by atoms with Gasteiger partial charge in [0.15, 0.2) is 5.78 Å². The van der Waals surface area contributed by atoms with E-state index in [9.17, 15) is 14.4 Å². The molecule has 3 aromatic rings. The number of hydrogen-bond acceptors (Lipinski definition) is 5. The van der Waals surface area contributed by atoms with Crippen molar-refractivity contribution in [3.05, 3.63) is 95.6 Å². The fourth-order valence-electron chi connectivity index (χ4n) is 3.01. The third-order valence-electron chi connectivity index (χ3n) is 4.70. The summed E-state index contributed by atoms with van der Waals surface area (Å²) in [4.78, 5) is 39.4. The molecule has 0 radical (unpaired) electrons. The van der Waals surface area contributed by atoms with Crippen molar-refractivity contribution < 1.29 is 19.1 Å². The molecule has 0 unspecified atom stereocenters. The van der Waals surface area contributed by atoms with E-state index >= 15 is 0 Å². The van der Waals surface area contributed by atoms with Gasteiger partial charge >= 0.3 is 5.97 Å². The molecule has 0 aromatic heterocycles. The lowest BCUT2D eigenvalue weighted by Gasteiger charge is -2.19. The Morgan fingerprint density at radius 3 is 2.19 bits per heavy atom. The van der Waals surface area contributed by atoms with E-state index in [1.807, 2.05) is 31.1 Å². The van der Waals surface area contributed by atoms with Crippen LogP contribution in [-0.4, -0.2) is 31.8 Å². The quantitative estimate of drug-likeness (QED) is 0.454. The van der Waals surface area contributed by atoms with E-state index in [2.05, 4.69) is 5.32 Å². The molecule has 0 spiro atoms. The first-order chi connectivity index (χ1) is 14.8. The Balaban J connectivity index is 1.86. The van der Waals surface area contributed by atoms with Crippen molar-refractivity contribution in [1.82, 2.24) is 0 Å². The van der Waals surface area contributed by atoms with Crippen molar-refractivity contribution in [2.45, 2.75) is 13.0 Å². The first-order valence-corrected chi connectivity index (χ1v) is 9.80. The van der Waals surface area contributed by atoms with Crippen LogP contribution in [0, 0.1) is 0 Å². The van der Waals surface area contributed by atoms with Crippen LogP contribution >= 0.6 is 0 Å². The normalized spacial score (nSPS) is 11.3. The monoisotopic (exact) mass is 416 g/mol. The standard InChI is InChI=1S/C25H24N2O4/c1-17(28)19-11-7-13-21(15-19)26-24(29)23(18-9-5-4-6-10-18)31-25(30)20-12-8-14-22(16-20)27(2)3/h4-16,23H,1-3H3,(H,26,29)/t23-/m0/s1. The SMILES string of the molecule is CC(=O)c1cccc(NC(=O)[C@@H](OC(=O)c2cccc(N(C)C)c2)c2ccccc2)c1. The van der Waals surface area contributed by atoms with Gasteiger partial charge in [-0.2, -0.15) is 0 Å². The van der Waals surface area contributed by atoms with Gasteiger partial charge in [0.05, 0.1) is 5.56 Å². The average Bonchev–Trinajstić information content (AvgIpc) is 2.78. The van der Waals surface area contributed by atoms with E-state index in [4.69, 9.17) is 4.74 Å². The molecule has 0 aliphatic heterocycles. The van der Waals surface area contributed by atoms with Crippen LogP contribution in [0.15, 0.2) is 78.9 Å². The van der Waals surface area contributed by atoms with Crippen LogP contribution in [0.25, 0.3) is 0 Å². The van der Waals surface area contributed by atoms with Crippen LogP contribution < -0.4 is 10.2 Å². The predicted molar refractivity (Wildman–Crippen MR) is 120 cm³/mol. The van der Waals surface area contributed by atoms with Crippen molar-refractivity contribution >= 4 is 29.0 Å². The summed E-state index contributed by atoms with van der Waals surface area (Å²) in [5.41, 5.74) is 2.66. The second kappa shape index (κ2) is 9.71. The Bertz CT molecular complexity index is 1090. The highest BCUT2D eigenvalue weighted by Gasteiger charge is 2.26. The van der Waals surface area contributed by atoms with Gasteiger partial charge in [-0.15, -0.1) is 0 Å². The van der Waals surface area contributed by atoms with E-state index in [1.54, 1.807) is 66.7 Å². The molecule has 0 fully saturated rings. The maximum atomic E-state index is 13.1. The minimum absolute atomic E-state index is 0.108. The molecule has 0 saturated carbocycles. The number of benzene rings is 3. The second-order valence-corrected chi connectivity index (χ2v) is 7.27. The highest BCUT2D eigenvalue weighted by atomic mass is 16.5. The molecule has 31 heavy (non-hydrogen) atoms. The number of Topliss-reactive ketones (excluding diaryl/α,β-unsaturated/α-hetero) is 1. The molecule has 0 saturated heterocycles. The number of rotatable bonds is 7. The highest BCUT2D eigenvalue weighted by Crippen LogP contribution is 2.23. The Morgan fingerprint density at radius 1 is 0.839 bits per heavy atom. The summed E-state index contributed by atoms with van der Waals surface area (Å²) >= 11 is 0. The number of carbonyl (C=O) groups is 3. The molecule has 0 aliphatic rings. The van der Waals surface area contributed by atoms with Gasteiger partial charge in [0.1, 0.15) is 0 Å². The summed E-state index contributed by atoms with van der Waals surface area (Å²) in [6, 6.07) is 22.4. The first kappa shape index (κ1) is 21.8. The molecule has 6 heteroatoms. The van der Waals surface area contributed by atoms with Gasteiger partial charge in [0.25, 0.3) is 5.91 Å².